The van der Waals surface area contributed by atoms with E-state index in [2.05, 4.69) is 13.5 Å². The average Bonchev–Trinajstić information content (AvgIpc) is 2.40. The Morgan fingerprint density at radius 3 is 2.18 bits per heavy atom. The average molecular weight is 234 g/mol. The molecule has 0 amide bonds. The van der Waals surface area contributed by atoms with E-state index in [0.717, 1.165) is 5.92 Å². The van der Waals surface area contributed by atoms with Crippen LogP contribution in [0.25, 0.3) is 0 Å². The van der Waals surface area contributed by atoms with Crippen molar-refractivity contribution in [2.75, 3.05) is 0 Å². The van der Waals surface area contributed by atoms with Crippen molar-refractivity contribution in [2.45, 2.75) is 84.0 Å². The summed E-state index contributed by atoms with van der Waals surface area (Å²) >= 11 is 0. The van der Waals surface area contributed by atoms with Gasteiger partial charge in [-0.1, -0.05) is 64.0 Å². The minimum absolute atomic E-state index is 0.551. The van der Waals surface area contributed by atoms with Crippen molar-refractivity contribution in [2.24, 2.45) is 11.3 Å². The van der Waals surface area contributed by atoms with E-state index in [9.17, 15) is 0 Å². The molecule has 0 nitrogen and oxygen atoms in total. The van der Waals surface area contributed by atoms with Gasteiger partial charge in [-0.15, -0.1) is 0 Å². The minimum Gasteiger partial charge on any atom is -0.0990 e. The third kappa shape index (κ3) is 2.95. The molecule has 17 heavy (non-hydrogen) atoms. The quantitative estimate of drug-likeness (QED) is 0.533. The van der Waals surface area contributed by atoms with Gasteiger partial charge in [0.1, 0.15) is 0 Å². The lowest BCUT2D eigenvalue weighted by molar-refractivity contribution is 0.189. The Kier molecular flexibility index (Phi) is 4.70. The Labute approximate surface area is 108 Å². The zero-order chi connectivity index (χ0) is 12.1. The molecule has 2 aliphatic carbocycles. The Hall–Kier alpha value is -0.260. The molecule has 2 saturated carbocycles. The zero-order valence-corrected chi connectivity index (χ0v) is 11.8. The predicted molar refractivity (Wildman–Crippen MR) is 76.1 cm³/mol. The normalized spacial score (nSPS) is 25.7. The van der Waals surface area contributed by atoms with Gasteiger partial charge in [-0.2, -0.15) is 0 Å². The summed E-state index contributed by atoms with van der Waals surface area (Å²) in [5.74, 6) is 0.869. The number of rotatable bonds is 4. The molecule has 2 aliphatic rings. The molecule has 2 rings (SSSR count). The lowest BCUT2D eigenvalue weighted by Crippen LogP contribution is -2.30. The Bertz CT molecular complexity index is 233. The van der Waals surface area contributed by atoms with Crippen LogP contribution >= 0.6 is 0 Å². The fourth-order valence-corrected chi connectivity index (χ4v) is 4.32. The highest BCUT2D eigenvalue weighted by atomic mass is 14.4. The van der Waals surface area contributed by atoms with Gasteiger partial charge < -0.3 is 0 Å². The van der Waals surface area contributed by atoms with Gasteiger partial charge in [0.2, 0.25) is 0 Å². The minimum atomic E-state index is 0.551. The second-order valence-electron chi connectivity index (χ2n) is 6.45. The van der Waals surface area contributed by atoms with Crippen molar-refractivity contribution in [3.8, 4) is 0 Å². The molecular formula is C17H30. The molecule has 0 spiro atoms. The van der Waals surface area contributed by atoms with E-state index in [0.29, 0.717) is 5.41 Å². The van der Waals surface area contributed by atoms with E-state index in [4.69, 9.17) is 0 Å². The molecule has 0 radical (unpaired) electrons. The van der Waals surface area contributed by atoms with Gasteiger partial charge in [0.25, 0.3) is 0 Å². The molecule has 0 saturated heterocycles. The molecule has 0 aromatic carbocycles. The Morgan fingerprint density at radius 1 is 1.00 bits per heavy atom. The number of hydrogen-bond donors (Lipinski definition) is 0. The molecule has 0 N–H and O–H groups in total. The fourth-order valence-electron chi connectivity index (χ4n) is 4.32. The molecule has 0 aromatic heterocycles. The van der Waals surface area contributed by atoms with Crippen LogP contribution in [0.15, 0.2) is 12.2 Å². The SMILES string of the molecule is C=C(C1CCCCC1)C1(CCC)CCCCC1. The van der Waals surface area contributed by atoms with Gasteiger partial charge in [-0.05, 0) is 43.4 Å². The van der Waals surface area contributed by atoms with Gasteiger partial charge in [-0.3, -0.25) is 0 Å². The molecular weight excluding hydrogens is 204 g/mol. The third-order valence-corrected chi connectivity index (χ3v) is 5.32. The van der Waals surface area contributed by atoms with Crippen LogP contribution in [-0.4, -0.2) is 0 Å². The first-order valence-electron chi connectivity index (χ1n) is 7.98. The van der Waals surface area contributed by atoms with Gasteiger partial charge in [0.15, 0.2) is 0 Å². The van der Waals surface area contributed by atoms with E-state index in [-0.39, 0.29) is 0 Å². The highest BCUT2D eigenvalue weighted by Gasteiger charge is 2.37. The van der Waals surface area contributed by atoms with Crippen LogP contribution in [0.3, 0.4) is 0 Å². The van der Waals surface area contributed by atoms with E-state index in [1.165, 1.54) is 77.0 Å². The van der Waals surface area contributed by atoms with E-state index >= 15 is 0 Å². The van der Waals surface area contributed by atoms with Crippen molar-refractivity contribution in [3.63, 3.8) is 0 Å². The highest BCUT2D eigenvalue weighted by Crippen LogP contribution is 2.50. The largest absolute Gasteiger partial charge is 0.0990 e. The second kappa shape index (κ2) is 6.07. The lowest BCUT2D eigenvalue weighted by Gasteiger charge is -2.43. The monoisotopic (exact) mass is 234 g/mol. The molecule has 0 aromatic rings. The maximum absolute atomic E-state index is 4.59. The van der Waals surface area contributed by atoms with Crippen LogP contribution in [0.1, 0.15) is 84.0 Å². The standard InChI is InChI=1S/C17H30/c1-3-12-17(13-8-5-9-14-17)15(2)16-10-6-4-7-11-16/h16H,2-14H2,1H3. The predicted octanol–water partition coefficient (Wildman–Crippen LogP) is 5.87. The van der Waals surface area contributed by atoms with Crippen LogP contribution in [-0.2, 0) is 0 Å². The molecule has 0 atom stereocenters. The topological polar surface area (TPSA) is 0 Å². The summed E-state index contributed by atoms with van der Waals surface area (Å²) in [4.78, 5) is 0. The smallest absolute Gasteiger partial charge is 0.00881 e. The van der Waals surface area contributed by atoms with Gasteiger partial charge >= 0.3 is 0 Å². The summed E-state index contributed by atoms with van der Waals surface area (Å²) < 4.78 is 0. The first-order chi connectivity index (χ1) is 8.28. The second-order valence-corrected chi connectivity index (χ2v) is 6.45. The maximum Gasteiger partial charge on any atom is -0.00881 e. The van der Waals surface area contributed by atoms with E-state index in [1.54, 1.807) is 5.57 Å². The maximum atomic E-state index is 4.59. The van der Waals surface area contributed by atoms with Crippen molar-refractivity contribution < 1.29 is 0 Å². The lowest BCUT2D eigenvalue weighted by atomic mass is 9.62. The third-order valence-electron chi connectivity index (χ3n) is 5.32. The molecule has 0 heterocycles. The first kappa shape index (κ1) is 13.2. The van der Waals surface area contributed by atoms with Crippen LogP contribution in [0.4, 0.5) is 0 Å². The summed E-state index contributed by atoms with van der Waals surface area (Å²) in [7, 11) is 0. The van der Waals surface area contributed by atoms with Gasteiger partial charge in [0.05, 0.1) is 0 Å². The first-order valence-corrected chi connectivity index (χ1v) is 7.98. The molecule has 0 aliphatic heterocycles. The van der Waals surface area contributed by atoms with Crippen LogP contribution in [0, 0.1) is 11.3 Å². The van der Waals surface area contributed by atoms with Crippen LogP contribution in [0.2, 0.25) is 0 Å². The summed E-state index contributed by atoms with van der Waals surface area (Å²) in [6.45, 7) is 6.94. The van der Waals surface area contributed by atoms with Crippen molar-refractivity contribution in [3.05, 3.63) is 12.2 Å². The number of allylic oxidation sites excluding steroid dienone is 1. The van der Waals surface area contributed by atoms with Gasteiger partial charge in [0, 0.05) is 0 Å². The van der Waals surface area contributed by atoms with Crippen molar-refractivity contribution >= 4 is 0 Å². The fraction of sp³-hybridized carbons (Fsp3) is 0.882. The molecule has 0 unspecified atom stereocenters. The summed E-state index contributed by atoms with van der Waals surface area (Å²) in [6.07, 6.45) is 17.2. The number of hydrogen-bond acceptors (Lipinski definition) is 0. The summed E-state index contributed by atoms with van der Waals surface area (Å²) in [6, 6.07) is 0. The molecule has 98 valence electrons. The zero-order valence-electron chi connectivity index (χ0n) is 11.8. The van der Waals surface area contributed by atoms with E-state index in [1.807, 2.05) is 0 Å². The van der Waals surface area contributed by atoms with Crippen LogP contribution in [0.5, 0.6) is 0 Å². The van der Waals surface area contributed by atoms with Crippen molar-refractivity contribution in [1.29, 1.82) is 0 Å². The Morgan fingerprint density at radius 2 is 1.59 bits per heavy atom. The van der Waals surface area contributed by atoms with Crippen molar-refractivity contribution in [1.82, 2.24) is 0 Å². The Balaban J connectivity index is 2.05. The molecule has 0 bridgehead atoms. The van der Waals surface area contributed by atoms with E-state index < -0.39 is 0 Å². The van der Waals surface area contributed by atoms with Gasteiger partial charge in [-0.25, -0.2) is 0 Å². The molecule has 0 heteroatoms. The summed E-state index contributed by atoms with van der Waals surface area (Å²) in [5, 5.41) is 0. The highest BCUT2D eigenvalue weighted by molar-refractivity contribution is 5.15. The molecule has 2 fully saturated rings. The van der Waals surface area contributed by atoms with Crippen LogP contribution < -0.4 is 0 Å². The summed E-state index contributed by atoms with van der Waals surface area (Å²) in [5.41, 5.74) is 2.22.